The SMILES string of the molecule is COCCc1ccc(C(N)c2cc(C)oc2C)cc1. The Kier molecular flexibility index (Phi) is 4.40. The van der Waals surface area contributed by atoms with Crippen LogP contribution < -0.4 is 5.73 Å². The van der Waals surface area contributed by atoms with Gasteiger partial charge in [0.05, 0.1) is 12.6 Å². The third-order valence-electron chi connectivity index (χ3n) is 3.35. The summed E-state index contributed by atoms with van der Waals surface area (Å²) in [5.41, 5.74) is 9.72. The van der Waals surface area contributed by atoms with Crippen molar-refractivity contribution in [1.29, 1.82) is 0 Å². The predicted molar refractivity (Wildman–Crippen MR) is 76.2 cm³/mol. The fraction of sp³-hybridized carbons (Fsp3) is 0.375. The van der Waals surface area contributed by atoms with Gasteiger partial charge in [-0.25, -0.2) is 0 Å². The fourth-order valence-electron chi connectivity index (χ4n) is 2.25. The van der Waals surface area contributed by atoms with Crippen LogP contribution in [0.25, 0.3) is 0 Å². The van der Waals surface area contributed by atoms with Gasteiger partial charge in [0.25, 0.3) is 0 Å². The minimum atomic E-state index is -0.131. The monoisotopic (exact) mass is 259 g/mol. The minimum absolute atomic E-state index is 0.131. The molecule has 0 aliphatic heterocycles. The summed E-state index contributed by atoms with van der Waals surface area (Å²) in [6, 6.07) is 10.3. The van der Waals surface area contributed by atoms with Crippen LogP contribution in [0.3, 0.4) is 0 Å². The maximum Gasteiger partial charge on any atom is 0.106 e. The molecule has 0 fully saturated rings. The lowest BCUT2D eigenvalue weighted by Gasteiger charge is -2.12. The number of methoxy groups -OCH3 is 1. The largest absolute Gasteiger partial charge is 0.466 e. The van der Waals surface area contributed by atoms with E-state index in [-0.39, 0.29) is 6.04 Å². The molecule has 0 aliphatic carbocycles. The number of furan rings is 1. The van der Waals surface area contributed by atoms with Crippen molar-refractivity contribution in [2.75, 3.05) is 13.7 Å². The molecule has 0 saturated heterocycles. The zero-order chi connectivity index (χ0) is 13.8. The van der Waals surface area contributed by atoms with E-state index in [1.807, 2.05) is 19.9 Å². The summed E-state index contributed by atoms with van der Waals surface area (Å²) in [5, 5.41) is 0. The second-order valence-electron chi connectivity index (χ2n) is 4.83. The molecule has 0 spiro atoms. The normalized spacial score (nSPS) is 12.6. The van der Waals surface area contributed by atoms with Crippen molar-refractivity contribution in [2.45, 2.75) is 26.3 Å². The van der Waals surface area contributed by atoms with E-state index in [2.05, 4.69) is 24.3 Å². The Hall–Kier alpha value is -1.58. The molecule has 19 heavy (non-hydrogen) atoms. The smallest absolute Gasteiger partial charge is 0.106 e. The number of aryl methyl sites for hydroxylation is 2. The molecule has 1 aromatic carbocycles. The van der Waals surface area contributed by atoms with Gasteiger partial charge in [0.15, 0.2) is 0 Å². The second-order valence-corrected chi connectivity index (χ2v) is 4.83. The molecule has 1 heterocycles. The van der Waals surface area contributed by atoms with Crippen molar-refractivity contribution >= 4 is 0 Å². The van der Waals surface area contributed by atoms with Gasteiger partial charge < -0.3 is 14.9 Å². The van der Waals surface area contributed by atoms with Crippen LogP contribution in [-0.4, -0.2) is 13.7 Å². The van der Waals surface area contributed by atoms with Gasteiger partial charge in [0.2, 0.25) is 0 Å². The highest BCUT2D eigenvalue weighted by Crippen LogP contribution is 2.25. The molecule has 0 saturated carbocycles. The summed E-state index contributed by atoms with van der Waals surface area (Å²) < 4.78 is 10.6. The molecular weight excluding hydrogens is 238 g/mol. The molecule has 1 unspecified atom stereocenters. The van der Waals surface area contributed by atoms with Crippen LogP contribution in [-0.2, 0) is 11.2 Å². The van der Waals surface area contributed by atoms with Crippen molar-refractivity contribution < 1.29 is 9.15 Å². The quantitative estimate of drug-likeness (QED) is 0.897. The van der Waals surface area contributed by atoms with E-state index in [0.29, 0.717) is 0 Å². The Morgan fingerprint density at radius 2 is 1.89 bits per heavy atom. The topological polar surface area (TPSA) is 48.4 Å². The summed E-state index contributed by atoms with van der Waals surface area (Å²) in [6.07, 6.45) is 0.926. The molecule has 102 valence electrons. The summed E-state index contributed by atoms with van der Waals surface area (Å²) in [6.45, 7) is 4.64. The van der Waals surface area contributed by atoms with Crippen LogP contribution in [0.5, 0.6) is 0 Å². The molecule has 2 aromatic rings. The Labute approximate surface area is 114 Å². The summed E-state index contributed by atoms with van der Waals surface area (Å²) in [7, 11) is 1.72. The van der Waals surface area contributed by atoms with E-state index < -0.39 is 0 Å². The van der Waals surface area contributed by atoms with Crippen LogP contribution >= 0.6 is 0 Å². The maximum absolute atomic E-state index is 6.30. The second kappa shape index (κ2) is 6.04. The van der Waals surface area contributed by atoms with Crippen molar-refractivity contribution in [3.8, 4) is 0 Å². The average molecular weight is 259 g/mol. The fourth-order valence-corrected chi connectivity index (χ4v) is 2.25. The molecule has 0 bridgehead atoms. The van der Waals surface area contributed by atoms with Gasteiger partial charge in [-0.1, -0.05) is 24.3 Å². The number of rotatable bonds is 5. The van der Waals surface area contributed by atoms with Gasteiger partial charge in [0.1, 0.15) is 11.5 Å². The Morgan fingerprint density at radius 3 is 2.42 bits per heavy atom. The number of nitrogens with two attached hydrogens (primary N) is 1. The van der Waals surface area contributed by atoms with E-state index >= 15 is 0 Å². The van der Waals surface area contributed by atoms with Crippen LogP contribution in [0.4, 0.5) is 0 Å². The van der Waals surface area contributed by atoms with Crippen LogP contribution in [0.2, 0.25) is 0 Å². The van der Waals surface area contributed by atoms with Crippen molar-refractivity contribution in [2.24, 2.45) is 5.73 Å². The van der Waals surface area contributed by atoms with Crippen LogP contribution in [0.15, 0.2) is 34.7 Å². The maximum atomic E-state index is 6.30. The summed E-state index contributed by atoms with van der Waals surface area (Å²) >= 11 is 0. The van der Waals surface area contributed by atoms with Crippen molar-refractivity contribution in [3.05, 3.63) is 58.5 Å². The number of ether oxygens (including phenoxy) is 1. The van der Waals surface area contributed by atoms with Crippen molar-refractivity contribution in [3.63, 3.8) is 0 Å². The van der Waals surface area contributed by atoms with Gasteiger partial charge in [-0.15, -0.1) is 0 Å². The highest BCUT2D eigenvalue weighted by molar-refractivity contribution is 5.35. The van der Waals surface area contributed by atoms with Gasteiger partial charge in [-0.05, 0) is 37.5 Å². The molecule has 0 amide bonds. The van der Waals surface area contributed by atoms with E-state index in [1.165, 1.54) is 5.56 Å². The molecule has 1 aromatic heterocycles. The lowest BCUT2D eigenvalue weighted by molar-refractivity contribution is 0.202. The summed E-state index contributed by atoms with van der Waals surface area (Å²) in [5.74, 6) is 1.80. The Bertz CT molecular complexity index is 528. The number of hydrogen-bond donors (Lipinski definition) is 1. The van der Waals surface area contributed by atoms with E-state index in [0.717, 1.165) is 35.7 Å². The third-order valence-corrected chi connectivity index (χ3v) is 3.35. The Morgan fingerprint density at radius 1 is 1.21 bits per heavy atom. The third kappa shape index (κ3) is 3.25. The molecule has 0 radical (unpaired) electrons. The standard InChI is InChI=1S/C16H21NO2/c1-11-10-15(12(2)19-11)16(17)14-6-4-13(5-7-14)8-9-18-3/h4-7,10,16H,8-9,17H2,1-3H3. The van der Waals surface area contributed by atoms with Crippen molar-refractivity contribution in [1.82, 2.24) is 0 Å². The predicted octanol–water partition coefficient (Wildman–Crippen LogP) is 3.13. The van der Waals surface area contributed by atoms with Crippen LogP contribution in [0.1, 0.15) is 34.3 Å². The van der Waals surface area contributed by atoms with Gasteiger partial charge in [0, 0.05) is 12.7 Å². The van der Waals surface area contributed by atoms with Gasteiger partial charge in [-0.2, -0.15) is 0 Å². The lowest BCUT2D eigenvalue weighted by Crippen LogP contribution is -2.12. The molecule has 1 atom stereocenters. The lowest BCUT2D eigenvalue weighted by atomic mass is 9.98. The molecule has 2 N–H and O–H groups in total. The molecule has 3 heteroatoms. The first-order chi connectivity index (χ1) is 9.11. The molecule has 3 nitrogen and oxygen atoms in total. The zero-order valence-corrected chi connectivity index (χ0v) is 11.8. The highest BCUT2D eigenvalue weighted by atomic mass is 16.5. The van der Waals surface area contributed by atoms with E-state index in [9.17, 15) is 0 Å². The number of benzene rings is 1. The van der Waals surface area contributed by atoms with Crippen LogP contribution in [0, 0.1) is 13.8 Å². The first-order valence-corrected chi connectivity index (χ1v) is 6.52. The van der Waals surface area contributed by atoms with E-state index in [4.69, 9.17) is 14.9 Å². The first kappa shape index (κ1) is 13.8. The number of hydrogen-bond acceptors (Lipinski definition) is 3. The molecule has 0 aliphatic rings. The molecular formula is C16H21NO2. The van der Waals surface area contributed by atoms with Gasteiger partial charge >= 0.3 is 0 Å². The zero-order valence-electron chi connectivity index (χ0n) is 11.8. The highest BCUT2D eigenvalue weighted by Gasteiger charge is 2.14. The Balaban J connectivity index is 2.15. The minimum Gasteiger partial charge on any atom is -0.466 e. The summed E-state index contributed by atoms with van der Waals surface area (Å²) in [4.78, 5) is 0. The van der Waals surface area contributed by atoms with Gasteiger partial charge in [-0.3, -0.25) is 0 Å². The molecule has 2 rings (SSSR count). The van der Waals surface area contributed by atoms with E-state index in [1.54, 1.807) is 7.11 Å². The first-order valence-electron chi connectivity index (χ1n) is 6.52. The average Bonchev–Trinajstić information content (AvgIpc) is 2.75.